The summed E-state index contributed by atoms with van der Waals surface area (Å²) >= 11 is 0. The van der Waals surface area contributed by atoms with E-state index >= 15 is 0 Å². The van der Waals surface area contributed by atoms with E-state index in [1.165, 1.54) is 0 Å². The molecule has 4 aromatic rings. The predicted molar refractivity (Wildman–Crippen MR) is 145 cm³/mol. The molecule has 1 aliphatic heterocycles. The van der Waals surface area contributed by atoms with E-state index in [-0.39, 0.29) is 6.10 Å². The van der Waals surface area contributed by atoms with Crippen molar-refractivity contribution in [3.05, 3.63) is 65.9 Å². The van der Waals surface area contributed by atoms with Gasteiger partial charge in [0.1, 0.15) is 29.9 Å². The Balaban J connectivity index is 1.51. The highest BCUT2D eigenvalue weighted by molar-refractivity contribution is 5.96. The number of fused-ring (bicyclic) bond motifs is 1. The molecule has 1 fully saturated rings. The van der Waals surface area contributed by atoms with Gasteiger partial charge in [-0.15, -0.1) is 0 Å². The molecule has 2 aromatic carbocycles. The van der Waals surface area contributed by atoms with Crippen LogP contribution in [0.3, 0.4) is 0 Å². The number of nitrogens with one attached hydrogen (secondary N) is 2. The normalized spacial score (nSPS) is 14.3. The summed E-state index contributed by atoms with van der Waals surface area (Å²) < 4.78 is 11.5. The smallest absolute Gasteiger partial charge is 0.138 e. The zero-order chi connectivity index (χ0) is 26.0. The molecule has 37 heavy (non-hydrogen) atoms. The van der Waals surface area contributed by atoms with Gasteiger partial charge in [0, 0.05) is 53.8 Å². The Labute approximate surface area is 216 Å². The van der Waals surface area contributed by atoms with Gasteiger partial charge < -0.3 is 24.6 Å². The van der Waals surface area contributed by atoms with E-state index in [1.54, 1.807) is 6.20 Å². The van der Waals surface area contributed by atoms with Crippen LogP contribution in [0.15, 0.2) is 54.7 Å². The average Bonchev–Trinajstić information content (AvgIpc) is 3.38. The zero-order valence-corrected chi connectivity index (χ0v) is 21.3. The molecule has 188 valence electrons. The molecule has 0 spiro atoms. The maximum Gasteiger partial charge on any atom is 0.138 e. The Kier molecular flexibility index (Phi) is 6.68. The average molecular weight is 495 g/mol. The van der Waals surface area contributed by atoms with E-state index in [0.29, 0.717) is 24.5 Å². The first-order valence-corrected chi connectivity index (χ1v) is 12.5. The third-order valence-electron chi connectivity index (χ3n) is 6.99. The second-order valence-electron chi connectivity index (χ2n) is 9.91. The molecule has 0 amide bonds. The largest absolute Gasteiger partial charge is 0.489 e. The summed E-state index contributed by atoms with van der Waals surface area (Å²) in [5.41, 5.74) is 6.33. The van der Waals surface area contributed by atoms with E-state index in [9.17, 15) is 10.1 Å². The summed E-state index contributed by atoms with van der Waals surface area (Å²) in [5, 5.41) is 14.0. The third kappa shape index (κ3) is 4.81. The molecule has 2 N–H and O–H groups in total. The Hall–Kier alpha value is -4.15. The number of aromatic amines is 1. The van der Waals surface area contributed by atoms with Crippen LogP contribution in [0.25, 0.3) is 33.4 Å². The predicted octanol–water partition coefficient (Wildman–Crippen LogP) is 5.84. The SMILES string of the molecule is CNc1cc(-c2cc3c(-c4ccc(OC5CCOCC5)c(C#N)c4)ccnc3[nH]2)ccc1C(C)(C)C=O. The van der Waals surface area contributed by atoms with Crippen molar-refractivity contribution >= 4 is 23.0 Å². The van der Waals surface area contributed by atoms with Crippen LogP contribution in [0.4, 0.5) is 5.69 Å². The fraction of sp³-hybridized carbons (Fsp3) is 0.300. The molecule has 1 saturated heterocycles. The van der Waals surface area contributed by atoms with Gasteiger partial charge in [-0.25, -0.2) is 4.98 Å². The summed E-state index contributed by atoms with van der Waals surface area (Å²) in [7, 11) is 1.86. The van der Waals surface area contributed by atoms with E-state index in [4.69, 9.17) is 9.47 Å². The van der Waals surface area contributed by atoms with Crippen LogP contribution in [-0.4, -0.2) is 42.6 Å². The lowest BCUT2D eigenvalue weighted by atomic mass is 9.84. The first-order chi connectivity index (χ1) is 17.9. The van der Waals surface area contributed by atoms with Crippen molar-refractivity contribution in [1.82, 2.24) is 9.97 Å². The quantitative estimate of drug-likeness (QED) is 0.313. The van der Waals surface area contributed by atoms with Crippen molar-refractivity contribution in [2.75, 3.05) is 25.6 Å². The summed E-state index contributed by atoms with van der Waals surface area (Å²) in [6.45, 7) is 5.18. The van der Waals surface area contributed by atoms with Gasteiger partial charge in [-0.05, 0) is 60.9 Å². The minimum atomic E-state index is -0.592. The Morgan fingerprint density at radius 2 is 1.92 bits per heavy atom. The number of aldehydes is 1. The van der Waals surface area contributed by atoms with Crippen LogP contribution in [0, 0.1) is 11.3 Å². The van der Waals surface area contributed by atoms with Crippen LogP contribution < -0.4 is 10.1 Å². The van der Waals surface area contributed by atoms with Gasteiger partial charge in [-0.1, -0.05) is 18.2 Å². The van der Waals surface area contributed by atoms with Crippen LogP contribution >= 0.6 is 0 Å². The van der Waals surface area contributed by atoms with Crippen molar-refractivity contribution in [1.29, 1.82) is 5.26 Å². The minimum absolute atomic E-state index is 0.0672. The molecule has 5 rings (SSSR count). The number of carbonyl (C=O) groups excluding carboxylic acids is 1. The maximum atomic E-state index is 11.6. The monoisotopic (exact) mass is 494 g/mol. The molecule has 0 atom stereocenters. The number of ether oxygens (including phenoxy) is 2. The summed E-state index contributed by atoms with van der Waals surface area (Å²) in [6.07, 6.45) is 4.46. The molecular formula is C30H30N4O3. The number of nitrogens with zero attached hydrogens (tertiary/aromatic N) is 2. The lowest BCUT2D eigenvalue weighted by Crippen LogP contribution is -2.26. The van der Waals surface area contributed by atoms with Crippen LogP contribution in [0.1, 0.15) is 37.8 Å². The highest BCUT2D eigenvalue weighted by Gasteiger charge is 2.23. The summed E-state index contributed by atoms with van der Waals surface area (Å²) in [4.78, 5) is 19.6. The number of hydrogen-bond donors (Lipinski definition) is 2. The van der Waals surface area contributed by atoms with Gasteiger partial charge in [-0.3, -0.25) is 0 Å². The Morgan fingerprint density at radius 1 is 1.14 bits per heavy atom. The van der Waals surface area contributed by atoms with Gasteiger partial charge >= 0.3 is 0 Å². The zero-order valence-electron chi connectivity index (χ0n) is 21.3. The van der Waals surface area contributed by atoms with Crippen molar-refractivity contribution in [3.8, 4) is 34.2 Å². The number of pyridine rings is 1. The van der Waals surface area contributed by atoms with E-state index in [0.717, 1.165) is 63.8 Å². The molecule has 3 heterocycles. The summed E-state index contributed by atoms with van der Waals surface area (Å²) in [5.74, 6) is 0.608. The molecule has 7 heteroatoms. The minimum Gasteiger partial charge on any atom is -0.489 e. The van der Waals surface area contributed by atoms with Crippen molar-refractivity contribution in [2.45, 2.75) is 38.2 Å². The molecule has 0 radical (unpaired) electrons. The number of nitriles is 1. The number of H-pyrrole nitrogens is 1. The molecule has 0 unspecified atom stereocenters. The van der Waals surface area contributed by atoms with E-state index in [2.05, 4.69) is 27.4 Å². The number of benzene rings is 2. The first-order valence-electron chi connectivity index (χ1n) is 12.5. The highest BCUT2D eigenvalue weighted by atomic mass is 16.5. The standard InChI is InChI=1S/C30H30N4O3/c1-30(2,18-35)25-6-4-20(15-27(25)32-3)26-16-24-23(8-11-33-29(24)34-26)19-5-7-28(21(14-19)17-31)37-22-9-12-36-13-10-22/h4-8,11,14-16,18,22,32H,9-10,12-13H2,1-3H3,(H,33,34). The molecular weight excluding hydrogens is 464 g/mol. The fourth-order valence-electron chi connectivity index (χ4n) is 4.84. The Morgan fingerprint density at radius 3 is 2.65 bits per heavy atom. The third-order valence-corrected chi connectivity index (χ3v) is 6.99. The lowest BCUT2D eigenvalue weighted by molar-refractivity contribution is -0.111. The number of aromatic nitrogens is 2. The molecule has 0 bridgehead atoms. The molecule has 1 aliphatic rings. The number of carbonyl (C=O) groups is 1. The van der Waals surface area contributed by atoms with Crippen LogP contribution in [0.2, 0.25) is 0 Å². The van der Waals surface area contributed by atoms with Gasteiger partial charge in [0.25, 0.3) is 0 Å². The van der Waals surface area contributed by atoms with Gasteiger partial charge in [-0.2, -0.15) is 5.26 Å². The fourth-order valence-corrected chi connectivity index (χ4v) is 4.84. The summed E-state index contributed by atoms with van der Waals surface area (Å²) in [6, 6.07) is 18.1. The molecule has 2 aromatic heterocycles. The topological polar surface area (TPSA) is 100 Å². The van der Waals surface area contributed by atoms with Crippen molar-refractivity contribution in [3.63, 3.8) is 0 Å². The number of hydrogen-bond acceptors (Lipinski definition) is 6. The maximum absolute atomic E-state index is 11.6. The first kappa shape index (κ1) is 24.5. The lowest BCUT2D eigenvalue weighted by Gasteiger charge is -2.23. The molecule has 7 nitrogen and oxygen atoms in total. The molecule has 0 aliphatic carbocycles. The highest BCUT2D eigenvalue weighted by Crippen LogP contribution is 2.36. The van der Waals surface area contributed by atoms with Crippen LogP contribution in [0.5, 0.6) is 5.75 Å². The van der Waals surface area contributed by atoms with Crippen molar-refractivity contribution < 1.29 is 14.3 Å². The van der Waals surface area contributed by atoms with Gasteiger partial charge in [0.15, 0.2) is 0 Å². The van der Waals surface area contributed by atoms with E-state index in [1.807, 2.05) is 63.4 Å². The van der Waals surface area contributed by atoms with Gasteiger partial charge in [0.2, 0.25) is 0 Å². The van der Waals surface area contributed by atoms with Crippen molar-refractivity contribution in [2.24, 2.45) is 0 Å². The number of rotatable bonds is 7. The van der Waals surface area contributed by atoms with E-state index < -0.39 is 5.41 Å². The Bertz CT molecular complexity index is 1490. The van der Waals surface area contributed by atoms with Gasteiger partial charge in [0.05, 0.1) is 18.8 Å². The molecule has 0 saturated carbocycles. The second kappa shape index (κ2) is 10.1. The second-order valence-corrected chi connectivity index (χ2v) is 9.91. The number of anilines is 1. The van der Waals surface area contributed by atoms with Crippen LogP contribution in [-0.2, 0) is 14.9 Å².